The molecular weight excluding hydrogens is 302 g/mol. The van der Waals surface area contributed by atoms with Gasteiger partial charge in [-0.3, -0.25) is 20.5 Å². The molecule has 112 valence electrons. The van der Waals surface area contributed by atoms with Gasteiger partial charge in [-0.1, -0.05) is 12.1 Å². The Hall–Kier alpha value is -2.87. The van der Waals surface area contributed by atoms with E-state index in [4.69, 9.17) is 12.2 Å². The minimum atomic E-state index is -0.467. The zero-order valence-electron chi connectivity index (χ0n) is 11.7. The fourth-order valence-electron chi connectivity index (χ4n) is 1.62. The lowest BCUT2D eigenvalue weighted by Crippen LogP contribution is -2.25. The molecule has 0 aliphatic rings. The number of nitrogens with zero attached hydrogens (tertiary/aromatic N) is 3. The van der Waals surface area contributed by atoms with Gasteiger partial charge in [-0.15, -0.1) is 0 Å². The van der Waals surface area contributed by atoms with Crippen molar-refractivity contribution in [2.24, 2.45) is 5.10 Å². The number of hydrazone groups is 1. The number of benzene rings is 1. The van der Waals surface area contributed by atoms with E-state index in [1.165, 1.54) is 12.1 Å². The molecule has 1 aromatic carbocycles. The Kier molecular flexibility index (Phi) is 5.10. The van der Waals surface area contributed by atoms with Crippen LogP contribution < -0.4 is 10.7 Å². The van der Waals surface area contributed by atoms with Gasteiger partial charge in [0, 0.05) is 24.0 Å². The molecule has 1 heterocycles. The highest BCUT2D eigenvalue weighted by molar-refractivity contribution is 7.80. The number of non-ortho nitro benzene ring substituents is 1. The zero-order valence-corrected chi connectivity index (χ0v) is 12.5. The summed E-state index contributed by atoms with van der Waals surface area (Å²) in [4.78, 5) is 14.4. The van der Waals surface area contributed by atoms with E-state index in [1.807, 2.05) is 18.2 Å². The molecular formula is C14H13N5O2S. The summed E-state index contributed by atoms with van der Waals surface area (Å²) in [6, 6.07) is 11.6. The molecule has 2 aromatic rings. The van der Waals surface area contributed by atoms with Gasteiger partial charge in [0.1, 0.15) is 0 Å². The third kappa shape index (κ3) is 4.32. The van der Waals surface area contributed by atoms with Gasteiger partial charge in [0.05, 0.1) is 16.3 Å². The Morgan fingerprint density at radius 1 is 1.32 bits per heavy atom. The van der Waals surface area contributed by atoms with Gasteiger partial charge in [0.25, 0.3) is 5.69 Å². The maximum Gasteiger partial charge on any atom is 0.271 e. The van der Waals surface area contributed by atoms with Crippen LogP contribution in [0.25, 0.3) is 0 Å². The lowest BCUT2D eigenvalue weighted by Gasteiger charge is -2.07. The second-order valence-electron chi connectivity index (χ2n) is 4.29. The van der Waals surface area contributed by atoms with Gasteiger partial charge < -0.3 is 5.32 Å². The number of nitrogens with one attached hydrogen (secondary N) is 2. The number of thiocarbonyl (C=S) groups is 1. The van der Waals surface area contributed by atoms with E-state index < -0.39 is 4.92 Å². The average Bonchev–Trinajstić information content (AvgIpc) is 2.53. The second kappa shape index (κ2) is 7.23. The van der Waals surface area contributed by atoms with Crippen molar-refractivity contribution >= 4 is 34.4 Å². The highest BCUT2D eigenvalue weighted by Crippen LogP contribution is 2.16. The summed E-state index contributed by atoms with van der Waals surface area (Å²) in [5.74, 6) is 0. The van der Waals surface area contributed by atoms with Crippen molar-refractivity contribution in [3.63, 3.8) is 0 Å². The molecule has 1 aromatic heterocycles. The predicted molar refractivity (Wildman–Crippen MR) is 88.9 cm³/mol. The molecule has 0 amide bonds. The van der Waals surface area contributed by atoms with Gasteiger partial charge in [0.2, 0.25) is 0 Å². The Morgan fingerprint density at radius 2 is 2.14 bits per heavy atom. The van der Waals surface area contributed by atoms with E-state index in [2.05, 4.69) is 20.8 Å². The number of pyridine rings is 1. The lowest BCUT2D eigenvalue weighted by molar-refractivity contribution is -0.384. The maximum absolute atomic E-state index is 10.7. The van der Waals surface area contributed by atoms with Gasteiger partial charge >= 0.3 is 0 Å². The van der Waals surface area contributed by atoms with Crippen molar-refractivity contribution in [3.05, 3.63) is 64.5 Å². The number of nitro groups is 1. The fourth-order valence-corrected chi connectivity index (χ4v) is 1.79. The highest BCUT2D eigenvalue weighted by atomic mass is 32.1. The van der Waals surface area contributed by atoms with Crippen LogP contribution in [-0.4, -0.2) is 20.7 Å². The van der Waals surface area contributed by atoms with E-state index in [9.17, 15) is 10.1 Å². The van der Waals surface area contributed by atoms with Crippen LogP contribution in [0.2, 0.25) is 0 Å². The van der Waals surface area contributed by atoms with E-state index in [-0.39, 0.29) is 10.8 Å². The first-order valence-electron chi connectivity index (χ1n) is 6.33. The van der Waals surface area contributed by atoms with Gasteiger partial charge in [-0.25, -0.2) is 0 Å². The summed E-state index contributed by atoms with van der Waals surface area (Å²) in [7, 11) is 0. The molecule has 0 saturated carbocycles. The van der Waals surface area contributed by atoms with Crippen molar-refractivity contribution in [3.8, 4) is 0 Å². The quantitative estimate of drug-likeness (QED) is 0.390. The van der Waals surface area contributed by atoms with Crippen LogP contribution in [0.4, 0.5) is 11.4 Å². The number of anilines is 1. The van der Waals surface area contributed by atoms with E-state index >= 15 is 0 Å². The smallest absolute Gasteiger partial charge is 0.271 e. The van der Waals surface area contributed by atoms with Crippen LogP contribution in [0.1, 0.15) is 12.6 Å². The van der Waals surface area contributed by atoms with Gasteiger partial charge in [-0.2, -0.15) is 5.10 Å². The highest BCUT2D eigenvalue weighted by Gasteiger charge is 2.06. The largest absolute Gasteiger partial charge is 0.331 e. The van der Waals surface area contributed by atoms with Crippen molar-refractivity contribution < 1.29 is 4.92 Å². The van der Waals surface area contributed by atoms with Gasteiger partial charge in [-0.05, 0) is 37.3 Å². The zero-order chi connectivity index (χ0) is 15.9. The van der Waals surface area contributed by atoms with Crippen LogP contribution in [0, 0.1) is 10.1 Å². The van der Waals surface area contributed by atoms with E-state index in [0.717, 1.165) is 5.69 Å². The molecule has 0 saturated heterocycles. The minimum absolute atomic E-state index is 0.0130. The monoisotopic (exact) mass is 315 g/mol. The molecule has 7 nitrogen and oxygen atoms in total. The molecule has 0 fully saturated rings. The number of hydrogen-bond acceptors (Lipinski definition) is 5. The SMILES string of the molecule is C/C(=N/NC(=S)Nc1cccc([N+](=O)[O-])c1)c1ccccn1. The Bertz CT molecular complexity index is 718. The fraction of sp³-hybridized carbons (Fsp3) is 0.0714. The second-order valence-corrected chi connectivity index (χ2v) is 4.69. The van der Waals surface area contributed by atoms with Gasteiger partial charge in [0.15, 0.2) is 5.11 Å². The molecule has 0 aliphatic heterocycles. The molecule has 2 N–H and O–H groups in total. The van der Waals surface area contributed by atoms with E-state index in [0.29, 0.717) is 11.4 Å². The standard InChI is InChI=1S/C14H13N5O2S/c1-10(13-7-2-3-8-15-13)17-18-14(22)16-11-5-4-6-12(9-11)19(20)21/h2-9H,1H3,(H2,16,18,22)/b17-10-. The molecule has 22 heavy (non-hydrogen) atoms. The van der Waals surface area contributed by atoms with Crippen molar-refractivity contribution in [2.75, 3.05) is 5.32 Å². The average molecular weight is 315 g/mol. The Balaban J connectivity index is 1.99. The molecule has 0 spiro atoms. The summed E-state index contributed by atoms with van der Waals surface area (Å²) < 4.78 is 0. The number of hydrogen-bond donors (Lipinski definition) is 2. The molecule has 0 radical (unpaired) electrons. The van der Waals surface area contributed by atoms with Crippen LogP contribution in [-0.2, 0) is 0 Å². The van der Waals surface area contributed by atoms with Crippen LogP contribution in [0.3, 0.4) is 0 Å². The van der Waals surface area contributed by atoms with Crippen LogP contribution in [0.15, 0.2) is 53.8 Å². The number of rotatable bonds is 4. The molecule has 0 aliphatic carbocycles. The Morgan fingerprint density at radius 3 is 2.82 bits per heavy atom. The summed E-state index contributed by atoms with van der Waals surface area (Å²) in [5.41, 5.74) is 4.57. The maximum atomic E-state index is 10.7. The van der Waals surface area contributed by atoms with E-state index in [1.54, 1.807) is 25.3 Å². The predicted octanol–water partition coefficient (Wildman–Crippen LogP) is 2.70. The summed E-state index contributed by atoms with van der Waals surface area (Å²) in [6.07, 6.45) is 1.67. The third-order valence-corrected chi connectivity index (χ3v) is 2.87. The topological polar surface area (TPSA) is 92.5 Å². The normalized spacial score (nSPS) is 10.9. The molecule has 8 heteroatoms. The summed E-state index contributed by atoms with van der Waals surface area (Å²) in [6.45, 7) is 1.80. The molecule has 0 atom stereocenters. The van der Waals surface area contributed by atoms with Crippen molar-refractivity contribution in [1.29, 1.82) is 0 Å². The first-order chi connectivity index (χ1) is 10.6. The Labute approximate surface area is 132 Å². The molecule has 0 unspecified atom stereocenters. The minimum Gasteiger partial charge on any atom is -0.331 e. The first-order valence-corrected chi connectivity index (χ1v) is 6.74. The number of nitro benzene ring substituents is 1. The number of aromatic nitrogens is 1. The molecule has 2 rings (SSSR count). The summed E-state index contributed by atoms with van der Waals surface area (Å²) >= 11 is 5.09. The van der Waals surface area contributed by atoms with Crippen molar-refractivity contribution in [1.82, 2.24) is 10.4 Å². The van der Waals surface area contributed by atoms with Crippen molar-refractivity contribution in [2.45, 2.75) is 6.92 Å². The lowest BCUT2D eigenvalue weighted by atomic mass is 10.3. The summed E-state index contributed by atoms with van der Waals surface area (Å²) in [5, 5.41) is 17.9. The van der Waals surface area contributed by atoms with Crippen LogP contribution >= 0.6 is 12.2 Å². The van der Waals surface area contributed by atoms with Crippen LogP contribution in [0.5, 0.6) is 0 Å². The first kappa shape index (κ1) is 15.5. The third-order valence-electron chi connectivity index (χ3n) is 2.68. The molecule has 0 bridgehead atoms.